The molecule has 0 rings (SSSR count). The number of hydrogen-bond acceptors (Lipinski definition) is 4. The first-order valence-electron chi connectivity index (χ1n) is 4.95. The van der Waals surface area contributed by atoms with Crippen molar-refractivity contribution in [3.05, 3.63) is 0 Å². The molecule has 1 unspecified atom stereocenters. The summed E-state index contributed by atoms with van der Waals surface area (Å²) in [6, 6.07) is -0.0797. The third-order valence-electron chi connectivity index (χ3n) is 1.86. The van der Waals surface area contributed by atoms with Crippen LogP contribution >= 0.6 is 0 Å². The number of carbonyl (C=O) groups excluding carboxylic acids is 1. The van der Waals surface area contributed by atoms with E-state index in [2.05, 4.69) is 9.50 Å². The average Bonchev–Trinajstić information content (AvgIpc) is 2.12. The van der Waals surface area contributed by atoms with Crippen LogP contribution in [0.2, 0.25) is 0 Å². The molecule has 0 aliphatic rings. The second-order valence-electron chi connectivity index (χ2n) is 3.60. The van der Waals surface area contributed by atoms with Crippen LogP contribution in [0.25, 0.3) is 0 Å². The zero-order valence-corrected chi connectivity index (χ0v) is 10.4. The van der Waals surface area contributed by atoms with Crippen LogP contribution in [0, 0.1) is 0 Å². The molecule has 1 amide bonds. The highest BCUT2D eigenvalue weighted by molar-refractivity contribution is 7.88. The van der Waals surface area contributed by atoms with Crippen molar-refractivity contribution in [2.45, 2.75) is 44.9 Å². The summed E-state index contributed by atoms with van der Waals surface area (Å²) < 4.78 is 27.2. The minimum atomic E-state index is -3.78. The molecular formula is C9H19NO4S. The van der Waals surface area contributed by atoms with Crippen LogP contribution in [0.15, 0.2) is 0 Å². The molecule has 0 bridgehead atoms. The summed E-state index contributed by atoms with van der Waals surface area (Å²) >= 11 is 0. The van der Waals surface area contributed by atoms with Gasteiger partial charge in [-0.1, -0.05) is 13.3 Å². The van der Waals surface area contributed by atoms with Crippen molar-refractivity contribution in [3.8, 4) is 0 Å². The molecule has 0 fully saturated rings. The normalized spacial score (nSPS) is 13.9. The van der Waals surface area contributed by atoms with Crippen molar-refractivity contribution >= 4 is 16.0 Å². The summed E-state index contributed by atoms with van der Waals surface area (Å²) in [5.41, 5.74) is 0. The summed E-state index contributed by atoms with van der Waals surface area (Å²) in [4.78, 5) is 11.6. The Balaban J connectivity index is 4.74. The van der Waals surface area contributed by atoms with E-state index in [1.54, 1.807) is 13.8 Å². The lowest BCUT2D eigenvalue weighted by molar-refractivity contribution is -0.121. The highest BCUT2D eigenvalue weighted by Crippen LogP contribution is 2.10. The first-order valence-corrected chi connectivity index (χ1v) is 6.42. The van der Waals surface area contributed by atoms with Gasteiger partial charge in [0.1, 0.15) is 0 Å². The summed E-state index contributed by atoms with van der Waals surface area (Å²) in [6.45, 7) is 5.38. The fourth-order valence-electron chi connectivity index (χ4n) is 1.16. The van der Waals surface area contributed by atoms with Gasteiger partial charge in [0, 0.05) is 6.04 Å². The largest absolute Gasteiger partial charge is 0.353 e. The average molecular weight is 237 g/mol. The highest BCUT2D eigenvalue weighted by atomic mass is 32.2. The molecule has 15 heavy (non-hydrogen) atoms. The molecule has 0 saturated carbocycles. The fraction of sp³-hybridized carbons (Fsp3) is 0.889. The van der Waals surface area contributed by atoms with E-state index in [0.717, 1.165) is 7.11 Å². The minimum absolute atomic E-state index is 0.0797. The van der Waals surface area contributed by atoms with E-state index in [9.17, 15) is 13.2 Å². The minimum Gasteiger partial charge on any atom is -0.353 e. The predicted octanol–water partition coefficient (Wildman–Crippen LogP) is 0.656. The molecule has 0 aliphatic carbocycles. The van der Waals surface area contributed by atoms with Crippen LogP contribution in [0.1, 0.15) is 33.6 Å². The van der Waals surface area contributed by atoms with Crippen LogP contribution in [0.5, 0.6) is 0 Å². The number of rotatable bonds is 6. The van der Waals surface area contributed by atoms with Gasteiger partial charge in [0.2, 0.25) is 5.91 Å². The fourth-order valence-corrected chi connectivity index (χ4v) is 2.25. The first-order chi connectivity index (χ1) is 6.85. The van der Waals surface area contributed by atoms with Crippen LogP contribution < -0.4 is 5.32 Å². The van der Waals surface area contributed by atoms with E-state index in [0.29, 0.717) is 6.42 Å². The van der Waals surface area contributed by atoms with Gasteiger partial charge >= 0.3 is 0 Å². The molecule has 0 aromatic rings. The van der Waals surface area contributed by atoms with E-state index < -0.39 is 21.3 Å². The van der Waals surface area contributed by atoms with Gasteiger partial charge in [-0.3, -0.25) is 8.98 Å². The van der Waals surface area contributed by atoms with Crippen molar-refractivity contribution < 1.29 is 17.4 Å². The molecule has 0 aromatic heterocycles. The van der Waals surface area contributed by atoms with Gasteiger partial charge in [0.25, 0.3) is 10.1 Å². The molecule has 0 aliphatic heterocycles. The Hall–Kier alpha value is -0.620. The Kier molecular flexibility index (Phi) is 5.82. The molecule has 6 heteroatoms. The van der Waals surface area contributed by atoms with E-state index in [1.165, 1.54) is 0 Å². The lowest BCUT2D eigenvalue weighted by Gasteiger charge is -2.16. The Bertz CT molecular complexity index is 297. The molecule has 0 heterocycles. The van der Waals surface area contributed by atoms with Crippen molar-refractivity contribution in [3.63, 3.8) is 0 Å². The Morgan fingerprint density at radius 2 is 1.93 bits per heavy atom. The van der Waals surface area contributed by atoms with E-state index in [-0.39, 0.29) is 12.5 Å². The molecule has 0 aromatic carbocycles. The number of nitrogens with one attached hydrogen (secondary N) is 1. The highest BCUT2D eigenvalue weighted by Gasteiger charge is 2.31. The van der Waals surface area contributed by atoms with Gasteiger partial charge in [-0.15, -0.1) is 0 Å². The standard InChI is InChI=1S/C9H19NO4S/c1-5-6-8(15(12,13)14-4)9(11)10-7(2)3/h7-8H,5-6H2,1-4H3,(H,10,11). The Morgan fingerprint density at radius 1 is 1.40 bits per heavy atom. The van der Waals surface area contributed by atoms with E-state index in [4.69, 9.17) is 0 Å². The van der Waals surface area contributed by atoms with Gasteiger partial charge in [-0.25, -0.2) is 0 Å². The third-order valence-corrected chi connectivity index (χ3v) is 3.47. The van der Waals surface area contributed by atoms with Gasteiger partial charge in [-0.2, -0.15) is 8.42 Å². The monoisotopic (exact) mass is 237 g/mol. The molecule has 0 saturated heterocycles. The maximum absolute atomic E-state index is 11.6. The van der Waals surface area contributed by atoms with E-state index >= 15 is 0 Å². The molecule has 1 atom stereocenters. The molecule has 0 radical (unpaired) electrons. The number of carbonyl (C=O) groups is 1. The van der Waals surface area contributed by atoms with Gasteiger partial charge in [-0.05, 0) is 20.3 Å². The van der Waals surface area contributed by atoms with Crippen LogP contribution in [-0.2, 0) is 19.1 Å². The van der Waals surface area contributed by atoms with E-state index in [1.807, 2.05) is 6.92 Å². The molecular weight excluding hydrogens is 218 g/mol. The van der Waals surface area contributed by atoms with Crippen LogP contribution in [-0.4, -0.2) is 32.7 Å². The maximum Gasteiger partial charge on any atom is 0.279 e. The summed E-state index contributed by atoms with van der Waals surface area (Å²) in [6.07, 6.45) is 0.882. The van der Waals surface area contributed by atoms with Crippen LogP contribution in [0.4, 0.5) is 0 Å². The topological polar surface area (TPSA) is 72.5 Å². The predicted molar refractivity (Wildman–Crippen MR) is 57.9 cm³/mol. The van der Waals surface area contributed by atoms with Crippen LogP contribution in [0.3, 0.4) is 0 Å². The molecule has 5 nitrogen and oxygen atoms in total. The maximum atomic E-state index is 11.6. The second-order valence-corrected chi connectivity index (χ2v) is 5.49. The van der Waals surface area contributed by atoms with Gasteiger partial charge < -0.3 is 5.32 Å². The second kappa shape index (κ2) is 6.07. The van der Waals surface area contributed by atoms with Crippen molar-refractivity contribution in [1.29, 1.82) is 0 Å². The quantitative estimate of drug-likeness (QED) is 0.689. The van der Waals surface area contributed by atoms with Gasteiger partial charge in [0.15, 0.2) is 5.25 Å². The van der Waals surface area contributed by atoms with Crippen molar-refractivity contribution in [1.82, 2.24) is 5.32 Å². The molecule has 0 spiro atoms. The lowest BCUT2D eigenvalue weighted by Crippen LogP contribution is -2.43. The zero-order valence-electron chi connectivity index (χ0n) is 9.61. The SMILES string of the molecule is CCCC(C(=O)NC(C)C)S(=O)(=O)OC. The zero-order chi connectivity index (χ0) is 12.1. The smallest absolute Gasteiger partial charge is 0.279 e. The van der Waals surface area contributed by atoms with Crippen molar-refractivity contribution in [2.24, 2.45) is 0 Å². The number of amides is 1. The Labute approximate surface area is 91.3 Å². The molecule has 1 N–H and O–H groups in total. The summed E-state index contributed by atoms with van der Waals surface area (Å²) in [5.74, 6) is -0.492. The summed E-state index contributed by atoms with van der Waals surface area (Å²) in [5, 5.41) is 1.47. The van der Waals surface area contributed by atoms with Gasteiger partial charge in [0.05, 0.1) is 7.11 Å². The molecule has 90 valence electrons. The first kappa shape index (κ1) is 14.4. The van der Waals surface area contributed by atoms with Crippen molar-refractivity contribution in [2.75, 3.05) is 7.11 Å². The lowest BCUT2D eigenvalue weighted by atomic mass is 10.2. The number of hydrogen-bond donors (Lipinski definition) is 1. The summed E-state index contributed by atoms with van der Waals surface area (Å²) in [7, 11) is -2.71. The third kappa shape index (κ3) is 4.61. The Morgan fingerprint density at radius 3 is 2.27 bits per heavy atom.